The summed E-state index contributed by atoms with van der Waals surface area (Å²) >= 11 is 11.8. The predicted molar refractivity (Wildman–Crippen MR) is 77.1 cm³/mol. The molecule has 1 aromatic carbocycles. The van der Waals surface area contributed by atoms with E-state index in [4.69, 9.17) is 27.9 Å². The molecule has 1 aliphatic rings. The van der Waals surface area contributed by atoms with E-state index in [1.807, 2.05) is 6.92 Å². The minimum atomic E-state index is -0.699. The van der Waals surface area contributed by atoms with E-state index in [0.717, 1.165) is 12.8 Å². The Morgan fingerprint density at radius 2 is 1.95 bits per heavy atom. The van der Waals surface area contributed by atoms with Crippen molar-refractivity contribution >= 4 is 35.1 Å². The number of hydrogen-bond acceptors (Lipinski definition) is 3. The number of benzene rings is 1. The molecule has 1 aliphatic carbocycles. The second-order valence-electron chi connectivity index (χ2n) is 4.87. The number of esters is 1. The average Bonchev–Trinajstić information content (AvgIpc) is 3.20. The summed E-state index contributed by atoms with van der Waals surface area (Å²) in [5.41, 5.74) is 0.0823. The Morgan fingerprint density at radius 1 is 1.35 bits per heavy atom. The second kappa shape index (κ2) is 6.46. The summed E-state index contributed by atoms with van der Waals surface area (Å²) < 4.78 is 4.93. The molecular weight excluding hydrogens is 301 g/mol. The number of nitrogens with one attached hydrogen (secondary N) is 1. The first-order valence-electron chi connectivity index (χ1n) is 6.39. The van der Waals surface area contributed by atoms with E-state index in [9.17, 15) is 9.59 Å². The van der Waals surface area contributed by atoms with Crippen molar-refractivity contribution in [1.82, 2.24) is 5.32 Å². The van der Waals surface area contributed by atoms with Crippen molar-refractivity contribution in [3.63, 3.8) is 0 Å². The van der Waals surface area contributed by atoms with E-state index in [0.29, 0.717) is 5.92 Å². The molecule has 1 atom stereocenters. The summed E-state index contributed by atoms with van der Waals surface area (Å²) in [6.07, 6.45) is 2.27. The molecule has 0 unspecified atom stereocenters. The van der Waals surface area contributed by atoms with Crippen LogP contribution < -0.4 is 5.32 Å². The molecular formula is C14H15Cl2NO3. The third-order valence-electron chi connectivity index (χ3n) is 3.22. The standard InChI is InChI=1S/C14H15Cl2NO3/c1-8(9-5-6-9)17-12(18)7-20-14(19)13-10(15)3-2-4-11(13)16/h2-4,8-9H,5-7H2,1H3,(H,17,18)/t8-/m0/s1. The third-order valence-corrected chi connectivity index (χ3v) is 3.85. The molecule has 1 aromatic rings. The smallest absolute Gasteiger partial charge is 0.341 e. The molecule has 1 fully saturated rings. The molecule has 0 bridgehead atoms. The van der Waals surface area contributed by atoms with Crippen LogP contribution in [-0.4, -0.2) is 24.5 Å². The van der Waals surface area contributed by atoms with Gasteiger partial charge in [0.15, 0.2) is 6.61 Å². The van der Waals surface area contributed by atoms with Gasteiger partial charge >= 0.3 is 5.97 Å². The minimum absolute atomic E-state index is 0.0823. The van der Waals surface area contributed by atoms with E-state index >= 15 is 0 Å². The number of ether oxygens (including phenoxy) is 1. The maximum Gasteiger partial charge on any atom is 0.341 e. The molecule has 0 aliphatic heterocycles. The number of hydrogen-bond donors (Lipinski definition) is 1. The van der Waals surface area contributed by atoms with Crippen LogP contribution in [0, 0.1) is 5.92 Å². The highest BCUT2D eigenvalue weighted by atomic mass is 35.5. The highest BCUT2D eigenvalue weighted by molar-refractivity contribution is 6.39. The molecule has 1 amide bonds. The normalized spacial score (nSPS) is 15.6. The SMILES string of the molecule is C[C@H](NC(=O)COC(=O)c1c(Cl)cccc1Cl)C1CC1. The maximum absolute atomic E-state index is 11.9. The predicted octanol–water partition coefficient (Wildman–Crippen LogP) is 3.06. The van der Waals surface area contributed by atoms with E-state index in [1.165, 1.54) is 0 Å². The van der Waals surface area contributed by atoms with Crippen molar-refractivity contribution < 1.29 is 14.3 Å². The highest BCUT2D eigenvalue weighted by Gasteiger charge is 2.29. The molecule has 108 valence electrons. The fourth-order valence-electron chi connectivity index (χ4n) is 1.91. The third kappa shape index (κ3) is 3.87. The van der Waals surface area contributed by atoms with Crippen molar-refractivity contribution in [3.8, 4) is 0 Å². The Balaban J connectivity index is 1.87. The molecule has 0 aromatic heterocycles. The van der Waals surface area contributed by atoms with Crippen LogP contribution in [0.15, 0.2) is 18.2 Å². The lowest BCUT2D eigenvalue weighted by Gasteiger charge is -2.13. The van der Waals surface area contributed by atoms with Gasteiger partial charge in [-0.3, -0.25) is 4.79 Å². The van der Waals surface area contributed by atoms with Gasteiger partial charge in [0.2, 0.25) is 0 Å². The van der Waals surface area contributed by atoms with Crippen molar-refractivity contribution in [2.75, 3.05) is 6.61 Å². The van der Waals surface area contributed by atoms with Crippen LogP contribution in [-0.2, 0) is 9.53 Å². The number of rotatable bonds is 5. The minimum Gasteiger partial charge on any atom is -0.452 e. The van der Waals surface area contributed by atoms with Crippen LogP contribution >= 0.6 is 23.2 Å². The summed E-state index contributed by atoms with van der Waals surface area (Å²) in [7, 11) is 0. The van der Waals surface area contributed by atoms with Crippen LogP contribution in [0.5, 0.6) is 0 Å². The molecule has 0 saturated heterocycles. The van der Waals surface area contributed by atoms with Crippen molar-refractivity contribution in [2.24, 2.45) is 5.92 Å². The van der Waals surface area contributed by atoms with E-state index in [-0.39, 0.29) is 34.2 Å². The summed E-state index contributed by atoms with van der Waals surface area (Å²) in [6.45, 7) is 1.61. The van der Waals surface area contributed by atoms with Crippen LogP contribution in [0.2, 0.25) is 10.0 Å². The summed E-state index contributed by atoms with van der Waals surface area (Å²) in [6, 6.07) is 4.83. The van der Waals surface area contributed by atoms with Gasteiger partial charge in [-0.25, -0.2) is 4.79 Å². The Morgan fingerprint density at radius 3 is 2.50 bits per heavy atom. The lowest BCUT2D eigenvalue weighted by atomic mass is 10.2. The summed E-state index contributed by atoms with van der Waals surface area (Å²) in [5, 5.41) is 3.20. The molecule has 2 rings (SSSR count). The van der Waals surface area contributed by atoms with Gasteiger partial charge in [-0.2, -0.15) is 0 Å². The molecule has 0 radical (unpaired) electrons. The van der Waals surface area contributed by atoms with Crippen LogP contribution in [0.4, 0.5) is 0 Å². The number of carbonyl (C=O) groups excluding carboxylic acids is 2. The Hall–Kier alpha value is -1.26. The second-order valence-corrected chi connectivity index (χ2v) is 5.68. The first-order valence-corrected chi connectivity index (χ1v) is 7.15. The number of halogens is 2. The van der Waals surface area contributed by atoms with Crippen molar-refractivity contribution in [2.45, 2.75) is 25.8 Å². The molecule has 0 spiro atoms. The zero-order valence-corrected chi connectivity index (χ0v) is 12.5. The fraction of sp³-hybridized carbons (Fsp3) is 0.429. The average molecular weight is 316 g/mol. The topological polar surface area (TPSA) is 55.4 Å². The van der Waals surface area contributed by atoms with Gasteiger partial charge in [-0.15, -0.1) is 0 Å². The Bertz CT molecular complexity index is 509. The van der Waals surface area contributed by atoms with Gasteiger partial charge in [0.05, 0.1) is 15.6 Å². The number of amides is 1. The van der Waals surface area contributed by atoms with Crippen molar-refractivity contribution in [1.29, 1.82) is 0 Å². The van der Waals surface area contributed by atoms with Gasteiger partial charge in [0, 0.05) is 6.04 Å². The zero-order chi connectivity index (χ0) is 14.7. The first-order chi connectivity index (χ1) is 9.49. The van der Waals surface area contributed by atoms with Gasteiger partial charge in [0.25, 0.3) is 5.91 Å². The highest BCUT2D eigenvalue weighted by Crippen LogP contribution is 2.32. The van der Waals surface area contributed by atoms with Crippen LogP contribution in [0.25, 0.3) is 0 Å². The van der Waals surface area contributed by atoms with Gasteiger partial charge < -0.3 is 10.1 Å². The summed E-state index contributed by atoms with van der Waals surface area (Å²) in [4.78, 5) is 23.5. The maximum atomic E-state index is 11.9. The largest absolute Gasteiger partial charge is 0.452 e. The van der Waals surface area contributed by atoms with E-state index in [1.54, 1.807) is 18.2 Å². The van der Waals surface area contributed by atoms with Crippen LogP contribution in [0.3, 0.4) is 0 Å². The van der Waals surface area contributed by atoms with E-state index in [2.05, 4.69) is 5.32 Å². The molecule has 6 heteroatoms. The Labute approximate surface area is 127 Å². The van der Waals surface area contributed by atoms with Crippen molar-refractivity contribution in [3.05, 3.63) is 33.8 Å². The lowest BCUT2D eigenvalue weighted by Crippen LogP contribution is -2.37. The lowest BCUT2D eigenvalue weighted by molar-refractivity contribution is -0.124. The monoisotopic (exact) mass is 315 g/mol. The molecule has 20 heavy (non-hydrogen) atoms. The van der Waals surface area contributed by atoms with Gasteiger partial charge in [0.1, 0.15) is 0 Å². The first kappa shape index (κ1) is 15.1. The van der Waals surface area contributed by atoms with E-state index < -0.39 is 5.97 Å². The molecule has 1 saturated carbocycles. The summed E-state index contributed by atoms with van der Waals surface area (Å²) in [5.74, 6) is -0.469. The molecule has 0 heterocycles. The zero-order valence-electron chi connectivity index (χ0n) is 11.0. The molecule has 1 N–H and O–H groups in total. The number of carbonyl (C=O) groups is 2. The van der Waals surface area contributed by atoms with Gasteiger partial charge in [-0.1, -0.05) is 29.3 Å². The van der Waals surface area contributed by atoms with Crippen LogP contribution in [0.1, 0.15) is 30.1 Å². The Kier molecular flexibility index (Phi) is 4.89. The fourth-order valence-corrected chi connectivity index (χ4v) is 2.46. The quantitative estimate of drug-likeness (QED) is 0.850. The van der Waals surface area contributed by atoms with Gasteiger partial charge in [-0.05, 0) is 37.8 Å². The molecule has 4 nitrogen and oxygen atoms in total.